The van der Waals surface area contributed by atoms with Gasteiger partial charge < -0.3 is 19.2 Å². The molecule has 2 aliphatic rings. The lowest BCUT2D eigenvalue weighted by Crippen LogP contribution is -2.41. The van der Waals surface area contributed by atoms with E-state index in [0.29, 0.717) is 25.0 Å². The highest BCUT2D eigenvalue weighted by Gasteiger charge is 2.37. The minimum atomic E-state index is -0.00430. The van der Waals surface area contributed by atoms with Crippen molar-refractivity contribution in [1.82, 2.24) is 19.8 Å². The topological polar surface area (TPSA) is 63.3 Å². The molecule has 128 valence electrons. The molecule has 2 amide bonds. The molecule has 0 spiro atoms. The third-order valence-corrected chi connectivity index (χ3v) is 4.94. The van der Waals surface area contributed by atoms with Gasteiger partial charge in [-0.25, -0.2) is 9.78 Å². The predicted molar refractivity (Wildman–Crippen MR) is 89.4 cm³/mol. The Hall–Kier alpha value is -2.24. The second kappa shape index (κ2) is 6.34. The number of urea groups is 1. The van der Waals surface area contributed by atoms with E-state index < -0.39 is 0 Å². The first-order valence-corrected chi connectivity index (χ1v) is 8.79. The predicted octanol–water partition coefficient (Wildman–Crippen LogP) is 2.97. The van der Waals surface area contributed by atoms with Crippen LogP contribution in [0.4, 0.5) is 4.79 Å². The van der Waals surface area contributed by atoms with Gasteiger partial charge >= 0.3 is 6.03 Å². The van der Waals surface area contributed by atoms with Crippen LogP contribution in [0.15, 0.2) is 35.3 Å². The quantitative estimate of drug-likeness (QED) is 0.850. The molecule has 2 aromatic heterocycles. The fraction of sp³-hybridized carbons (Fsp3) is 0.556. The van der Waals surface area contributed by atoms with Crippen LogP contribution in [0.1, 0.15) is 43.6 Å². The van der Waals surface area contributed by atoms with Gasteiger partial charge in [0.2, 0.25) is 0 Å². The number of nitrogens with one attached hydrogen (secondary N) is 1. The number of hydrogen-bond acceptors (Lipinski definition) is 3. The molecule has 6 heteroatoms. The Bertz CT molecular complexity index is 690. The molecule has 2 atom stereocenters. The minimum absolute atomic E-state index is 0.00430. The second-order valence-corrected chi connectivity index (χ2v) is 7.02. The summed E-state index contributed by atoms with van der Waals surface area (Å²) in [7, 11) is 0. The van der Waals surface area contributed by atoms with Gasteiger partial charge in [-0.05, 0) is 37.3 Å². The van der Waals surface area contributed by atoms with Crippen molar-refractivity contribution < 1.29 is 9.21 Å². The van der Waals surface area contributed by atoms with E-state index in [4.69, 9.17) is 4.42 Å². The summed E-state index contributed by atoms with van der Waals surface area (Å²) in [5.41, 5.74) is 0. The van der Waals surface area contributed by atoms with Crippen molar-refractivity contribution in [3.05, 3.63) is 42.4 Å². The standard InChI is InChI=1S/C18H24N4O2/c1-13-10-16(13)17-5-4-15(24-17)11-22(14-2-3-14)18(23)20-7-9-21-8-6-19-12-21/h4-6,8,12-14,16H,2-3,7,9-11H2,1H3,(H,20,23). The highest BCUT2D eigenvalue weighted by molar-refractivity contribution is 5.74. The van der Waals surface area contributed by atoms with Gasteiger partial charge in [0.1, 0.15) is 11.5 Å². The van der Waals surface area contributed by atoms with Crippen molar-refractivity contribution in [3.8, 4) is 0 Å². The van der Waals surface area contributed by atoms with Crippen molar-refractivity contribution in [3.63, 3.8) is 0 Å². The number of rotatable bonds is 7. The zero-order valence-electron chi connectivity index (χ0n) is 14.0. The van der Waals surface area contributed by atoms with Crippen LogP contribution in [0, 0.1) is 5.92 Å². The third-order valence-electron chi connectivity index (χ3n) is 4.94. The first kappa shape index (κ1) is 15.3. The van der Waals surface area contributed by atoms with Gasteiger partial charge in [-0.3, -0.25) is 0 Å². The lowest BCUT2D eigenvalue weighted by Gasteiger charge is -2.22. The van der Waals surface area contributed by atoms with Gasteiger partial charge in [-0.2, -0.15) is 0 Å². The number of carbonyl (C=O) groups excluding carboxylic acids is 1. The summed E-state index contributed by atoms with van der Waals surface area (Å²) in [6, 6.07) is 4.45. The van der Waals surface area contributed by atoms with Crippen LogP contribution in [0.2, 0.25) is 0 Å². The molecule has 0 radical (unpaired) electrons. The van der Waals surface area contributed by atoms with E-state index in [1.807, 2.05) is 21.7 Å². The van der Waals surface area contributed by atoms with Crippen LogP contribution in [-0.2, 0) is 13.1 Å². The Morgan fingerprint density at radius 3 is 2.96 bits per heavy atom. The highest BCUT2D eigenvalue weighted by Crippen LogP contribution is 2.47. The summed E-state index contributed by atoms with van der Waals surface area (Å²) >= 11 is 0. The highest BCUT2D eigenvalue weighted by atomic mass is 16.3. The lowest BCUT2D eigenvalue weighted by atomic mass is 10.3. The third kappa shape index (κ3) is 3.47. The van der Waals surface area contributed by atoms with E-state index in [1.54, 1.807) is 12.5 Å². The molecule has 6 nitrogen and oxygen atoms in total. The smallest absolute Gasteiger partial charge is 0.318 e. The number of aromatic nitrogens is 2. The largest absolute Gasteiger partial charge is 0.464 e. The van der Waals surface area contributed by atoms with Crippen LogP contribution < -0.4 is 5.32 Å². The SMILES string of the molecule is CC1CC1c1ccc(CN(C(=O)NCCn2ccnc2)C2CC2)o1. The van der Waals surface area contributed by atoms with Gasteiger partial charge in [-0.15, -0.1) is 0 Å². The van der Waals surface area contributed by atoms with E-state index in [-0.39, 0.29) is 6.03 Å². The number of nitrogens with zero attached hydrogens (tertiary/aromatic N) is 3. The molecule has 0 bridgehead atoms. The van der Waals surface area contributed by atoms with E-state index in [0.717, 1.165) is 36.8 Å². The average Bonchev–Trinajstić information content (AvgIpc) is 3.43. The summed E-state index contributed by atoms with van der Waals surface area (Å²) in [5, 5.41) is 3.01. The van der Waals surface area contributed by atoms with Gasteiger partial charge in [0, 0.05) is 37.4 Å². The molecule has 2 saturated carbocycles. The van der Waals surface area contributed by atoms with Crippen molar-refractivity contribution in [2.75, 3.05) is 6.54 Å². The van der Waals surface area contributed by atoms with Crippen molar-refractivity contribution >= 4 is 6.03 Å². The van der Waals surface area contributed by atoms with Gasteiger partial charge in [0.15, 0.2) is 0 Å². The van der Waals surface area contributed by atoms with Crippen LogP contribution in [-0.4, -0.2) is 33.1 Å². The number of hydrogen-bond donors (Lipinski definition) is 1. The van der Waals surface area contributed by atoms with E-state index >= 15 is 0 Å². The maximum atomic E-state index is 12.5. The van der Waals surface area contributed by atoms with Crippen LogP contribution >= 0.6 is 0 Å². The Labute approximate surface area is 141 Å². The fourth-order valence-electron chi connectivity index (χ4n) is 3.13. The number of imidazole rings is 1. The van der Waals surface area contributed by atoms with Gasteiger partial charge in [0.05, 0.1) is 12.9 Å². The first-order valence-electron chi connectivity index (χ1n) is 8.79. The monoisotopic (exact) mass is 328 g/mol. The second-order valence-electron chi connectivity index (χ2n) is 7.02. The molecule has 2 unspecified atom stereocenters. The van der Waals surface area contributed by atoms with E-state index in [2.05, 4.69) is 23.3 Å². The Kier molecular flexibility index (Phi) is 4.04. The molecule has 2 aromatic rings. The maximum absolute atomic E-state index is 12.5. The zero-order valence-corrected chi connectivity index (χ0v) is 14.0. The summed E-state index contributed by atoms with van der Waals surface area (Å²) in [6.07, 6.45) is 8.79. The van der Waals surface area contributed by atoms with Crippen molar-refractivity contribution in [1.29, 1.82) is 0 Å². The summed E-state index contributed by atoms with van der Waals surface area (Å²) in [6.45, 7) is 4.13. The molecule has 0 aliphatic heterocycles. The molecule has 2 aliphatic carbocycles. The molecule has 2 heterocycles. The molecule has 2 fully saturated rings. The first-order chi connectivity index (χ1) is 11.7. The molecule has 0 saturated heterocycles. The van der Waals surface area contributed by atoms with E-state index in [9.17, 15) is 4.79 Å². The van der Waals surface area contributed by atoms with Crippen molar-refractivity contribution in [2.24, 2.45) is 5.92 Å². The molecular weight excluding hydrogens is 304 g/mol. The normalized spacial score (nSPS) is 22.4. The summed E-state index contributed by atoms with van der Waals surface area (Å²) in [5.74, 6) is 3.28. The fourth-order valence-corrected chi connectivity index (χ4v) is 3.13. The summed E-state index contributed by atoms with van der Waals surface area (Å²) < 4.78 is 7.92. The summed E-state index contributed by atoms with van der Waals surface area (Å²) in [4.78, 5) is 18.4. The number of furan rings is 1. The molecule has 24 heavy (non-hydrogen) atoms. The Morgan fingerprint density at radius 2 is 2.29 bits per heavy atom. The van der Waals surface area contributed by atoms with Crippen LogP contribution in [0.25, 0.3) is 0 Å². The van der Waals surface area contributed by atoms with Gasteiger partial charge in [-0.1, -0.05) is 6.92 Å². The molecular formula is C18H24N4O2. The maximum Gasteiger partial charge on any atom is 0.318 e. The Morgan fingerprint density at radius 1 is 1.46 bits per heavy atom. The van der Waals surface area contributed by atoms with E-state index in [1.165, 1.54) is 6.42 Å². The minimum Gasteiger partial charge on any atom is -0.464 e. The van der Waals surface area contributed by atoms with Crippen LogP contribution in [0.5, 0.6) is 0 Å². The van der Waals surface area contributed by atoms with Crippen molar-refractivity contribution in [2.45, 2.75) is 51.2 Å². The number of amides is 2. The molecule has 4 rings (SSSR count). The van der Waals surface area contributed by atoms with Crippen LogP contribution in [0.3, 0.4) is 0 Å². The number of carbonyl (C=O) groups is 1. The Balaban J connectivity index is 1.32. The van der Waals surface area contributed by atoms with Gasteiger partial charge in [0.25, 0.3) is 0 Å². The zero-order chi connectivity index (χ0) is 16.5. The molecule has 0 aromatic carbocycles. The lowest BCUT2D eigenvalue weighted by molar-refractivity contribution is 0.186. The average molecular weight is 328 g/mol. The molecule has 1 N–H and O–H groups in total.